The number of hydrogen-bond donors (Lipinski definition) is 1. The van der Waals surface area contributed by atoms with Gasteiger partial charge in [-0.2, -0.15) is 0 Å². The molecular weight excluding hydrogens is 569 g/mol. The Balaban J connectivity index is 2.06. The van der Waals surface area contributed by atoms with Gasteiger partial charge >= 0.3 is 0 Å². The Bertz CT molecular complexity index is 1410. The van der Waals surface area contributed by atoms with E-state index in [-0.39, 0.29) is 24.8 Å². The molecule has 2 amide bonds. The van der Waals surface area contributed by atoms with Crippen LogP contribution in [-0.2, 0) is 32.6 Å². The summed E-state index contributed by atoms with van der Waals surface area (Å²) < 4.78 is 26.9. The minimum Gasteiger partial charge on any atom is -0.354 e. The van der Waals surface area contributed by atoms with Crippen molar-refractivity contribution in [1.29, 1.82) is 0 Å². The predicted molar refractivity (Wildman–Crippen MR) is 162 cm³/mol. The summed E-state index contributed by atoms with van der Waals surface area (Å²) in [6, 6.07) is 20.4. The topological polar surface area (TPSA) is 86.8 Å². The molecule has 0 spiro atoms. The van der Waals surface area contributed by atoms with Crippen molar-refractivity contribution in [2.24, 2.45) is 5.92 Å². The first-order chi connectivity index (χ1) is 18.8. The molecule has 214 valence electrons. The van der Waals surface area contributed by atoms with Crippen LogP contribution in [0.4, 0.5) is 5.69 Å². The summed E-state index contributed by atoms with van der Waals surface area (Å²) in [7, 11) is -3.88. The van der Waals surface area contributed by atoms with E-state index < -0.39 is 28.5 Å². The third-order valence-electron chi connectivity index (χ3n) is 6.34. The van der Waals surface area contributed by atoms with Crippen molar-refractivity contribution in [3.63, 3.8) is 0 Å². The molecule has 1 N–H and O–H groups in total. The van der Waals surface area contributed by atoms with Crippen molar-refractivity contribution in [2.75, 3.05) is 23.7 Å². The molecule has 0 fully saturated rings. The number of amides is 2. The molecule has 10 heteroatoms. The first kappa shape index (κ1) is 31.5. The van der Waals surface area contributed by atoms with E-state index >= 15 is 0 Å². The molecule has 0 heterocycles. The van der Waals surface area contributed by atoms with Crippen LogP contribution in [0.3, 0.4) is 0 Å². The van der Waals surface area contributed by atoms with Crippen LogP contribution in [0.2, 0.25) is 10.0 Å². The molecule has 40 heavy (non-hydrogen) atoms. The summed E-state index contributed by atoms with van der Waals surface area (Å²) in [5.41, 5.74) is 2.56. The number of carbonyl (C=O) groups excluding carboxylic acids is 2. The standard InChI is InChI=1S/C30H35Cl2N3O4S/c1-21(2)18-33-30(37)28(16-23-8-6-5-7-9-23)34(19-24-11-14-25(31)15-12-24)29(36)20-35(40(4,38)39)27-17-26(32)13-10-22(27)3/h5-15,17,21,28H,16,18-20H2,1-4H3,(H,33,37)/t28-/m0/s1. The van der Waals surface area contributed by atoms with Gasteiger partial charge in [0.1, 0.15) is 12.6 Å². The number of rotatable bonds is 12. The van der Waals surface area contributed by atoms with Gasteiger partial charge in [-0.15, -0.1) is 0 Å². The number of benzene rings is 3. The zero-order chi connectivity index (χ0) is 29.4. The summed E-state index contributed by atoms with van der Waals surface area (Å²) in [5.74, 6) is -0.640. The second-order valence-electron chi connectivity index (χ2n) is 10.2. The van der Waals surface area contributed by atoms with Gasteiger partial charge in [0.05, 0.1) is 11.9 Å². The molecule has 0 aliphatic carbocycles. The Hall–Kier alpha value is -3.07. The van der Waals surface area contributed by atoms with Gasteiger partial charge in [0.15, 0.2) is 0 Å². The number of sulfonamides is 1. The summed E-state index contributed by atoms with van der Waals surface area (Å²) in [5, 5.41) is 3.84. The van der Waals surface area contributed by atoms with Crippen LogP contribution in [0.5, 0.6) is 0 Å². The van der Waals surface area contributed by atoms with Gasteiger partial charge in [0.25, 0.3) is 0 Å². The van der Waals surface area contributed by atoms with Gasteiger partial charge in [-0.25, -0.2) is 8.42 Å². The van der Waals surface area contributed by atoms with Crippen LogP contribution < -0.4 is 9.62 Å². The zero-order valence-electron chi connectivity index (χ0n) is 23.1. The van der Waals surface area contributed by atoms with Gasteiger partial charge < -0.3 is 10.2 Å². The highest BCUT2D eigenvalue weighted by atomic mass is 35.5. The second-order valence-corrected chi connectivity index (χ2v) is 13.0. The molecule has 3 rings (SSSR count). The fourth-order valence-electron chi connectivity index (χ4n) is 4.21. The average Bonchev–Trinajstić information content (AvgIpc) is 2.90. The first-order valence-electron chi connectivity index (χ1n) is 12.9. The van der Waals surface area contributed by atoms with Crippen LogP contribution in [-0.4, -0.2) is 50.5 Å². The normalized spacial score (nSPS) is 12.2. The molecule has 0 saturated heterocycles. The van der Waals surface area contributed by atoms with Crippen LogP contribution in [0, 0.1) is 12.8 Å². The van der Waals surface area contributed by atoms with Gasteiger partial charge in [0, 0.05) is 29.6 Å². The summed E-state index contributed by atoms with van der Waals surface area (Å²) in [6.45, 7) is 5.73. The fourth-order valence-corrected chi connectivity index (χ4v) is 5.40. The van der Waals surface area contributed by atoms with E-state index in [0.29, 0.717) is 27.8 Å². The van der Waals surface area contributed by atoms with Crippen molar-refractivity contribution < 1.29 is 18.0 Å². The van der Waals surface area contributed by atoms with Crippen LogP contribution in [0.1, 0.15) is 30.5 Å². The number of hydrogen-bond acceptors (Lipinski definition) is 4. The van der Waals surface area contributed by atoms with E-state index in [0.717, 1.165) is 21.7 Å². The first-order valence-corrected chi connectivity index (χ1v) is 15.5. The third kappa shape index (κ3) is 8.98. The molecular formula is C30H35Cl2N3O4S. The number of aryl methyl sites for hydroxylation is 1. The van der Waals surface area contributed by atoms with Gasteiger partial charge in [0.2, 0.25) is 21.8 Å². The lowest BCUT2D eigenvalue weighted by atomic mass is 10.0. The van der Waals surface area contributed by atoms with Crippen molar-refractivity contribution in [3.05, 3.63) is 99.5 Å². The lowest BCUT2D eigenvalue weighted by molar-refractivity contribution is -0.140. The monoisotopic (exact) mass is 603 g/mol. The quantitative estimate of drug-likeness (QED) is 0.297. The van der Waals surface area contributed by atoms with Gasteiger partial charge in [-0.3, -0.25) is 13.9 Å². The minimum absolute atomic E-state index is 0.0781. The molecule has 0 aliphatic rings. The maximum absolute atomic E-state index is 14.1. The SMILES string of the molecule is Cc1ccc(Cl)cc1N(CC(=O)N(Cc1ccc(Cl)cc1)[C@@H](Cc1ccccc1)C(=O)NCC(C)C)S(C)(=O)=O. The maximum Gasteiger partial charge on any atom is 0.244 e. The maximum atomic E-state index is 14.1. The number of anilines is 1. The largest absolute Gasteiger partial charge is 0.354 e. The predicted octanol–water partition coefficient (Wildman–Crippen LogP) is 5.48. The van der Waals surface area contributed by atoms with Crippen LogP contribution >= 0.6 is 23.2 Å². The Morgan fingerprint density at radius 1 is 0.900 bits per heavy atom. The van der Waals surface area contributed by atoms with Crippen molar-refractivity contribution >= 4 is 50.7 Å². The van der Waals surface area contributed by atoms with Crippen LogP contribution in [0.15, 0.2) is 72.8 Å². The lowest BCUT2D eigenvalue weighted by Crippen LogP contribution is -2.53. The van der Waals surface area contributed by atoms with E-state index in [9.17, 15) is 18.0 Å². The summed E-state index contributed by atoms with van der Waals surface area (Å²) in [6.07, 6.45) is 1.29. The van der Waals surface area contributed by atoms with Crippen molar-refractivity contribution in [3.8, 4) is 0 Å². The molecule has 0 aromatic heterocycles. The Labute approximate surface area is 247 Å². The Kier molecular flexibility index (Phi) is 11.0. The molecule has 0 unspecified atom stereocenters. The molecule has 7 nitrogen and oxygen atoms in total. The number of carbonyl (C=O) groups is 2. The van der Waals surface area contributed by atoms with E-state index in [1.807, 2.05) is 44.2 Å². The third-order valence-corrected chi connectivity index (χ3v) is 7.95. The molecule has 3 aromatic carbocycles. The fraction of sp³-hybridized carbons (Fsp3) is 0.333. The summed E-state index contributed by atoms with van der Waals surface area (Å²) >= 11 is 12.3. The number of nitrogens with zero attached hydrogens (tertiary/aromatic N) is 2. The molecule has 0 bridgehead atoms. The second kappa shape index (κ2) is 14.0. The molecule has 1 atom stereocenters. The highest BCUT2D eigenvalue weighted by Crippen LogP contribution is 2.27. The number of halogens is 2. The van der Waals surface area contributed by atoms with Crippen molar-refractivity contribution in [2.45, 2.75) is 39.8 Å². The molecule has 0 saturated carbocycles. The smallest absolute Gasteiger partial charge is 0.244 e. The minimum atomic E-state index is -3.88. The Morgan fingerprint density at radius 2 is 1.52 bits per heavy atom. The number of nitrogens with one attached hydrogen (secondary N) is 1. The zero-order valence-corrected chi connectivity index (χ0v) is 25.4. The summed E-state index contributed by atoms with van der Waals surface area (Å²) in [4.78, 5) is 29.2. The highest BCUT2D eigenvalue weighted by Gasteiger charge is 2.33. The van der Waals surface area contributed by atoms with Crippen LogP contribution in [0.25, 0.3) is 0 Å². The van der Waals surface area contributed by atoms with Crippen molar-refractivity contribution in [1.82, 2.24) is 10.2 Å². The van der Waals surface area contributed by atoms with Gasteiger partial charge in [-0.1, -0.05) is 85.6 Å². The highest BCUT2D eigenvalue weighted by molar-refractivity contribution is 7.92. The van der Waals surface area contributed by atoms with E-state index in [1.54, 1.807) is 43.3 Å². The molecule has 0 radical (unpaired) electrons. The average molecular weight is 605 g/mol. The van der Waals surface area contributed by atoms with E-state index in [4.69, 9.17) is 23.2 Å². The van der Waals surface area contributed by atoms with Gasteiger partial charge in [-0.05, 0) is 53.8 Å². The van der Waals surface area contributed by atoms with E-state index in [1.165, 1.54) is 11.0 Å². The van der Waals surface area contributed by atoms with E-state index in [2.05, 4.69) is 5.32 Å². The molecule has 3 aromatic rings. The Morgan fingerprint density at radius 3 is 2.12 bits per heavy atom. The molecule has 0 aliphatic heterocycles. The lowest BCUT2D eigenvalue weighted by Gasteiger charge is -2.34.